The van der Waals surface area contributed by atoms with Crippen molar-refractivity contribution >= 4 is 22.6 Å². The van der Waals surface area contributed by atoms with Crippen molar-refractivity contribution in [3.05, 3.63) is 48.0 Å². The molecule has 4 aromatic heterocycles. The predicted molar refractivity (Wildman–Crippen MR) is 99.6 cm³/mol. The van der Waals surface area contributed by atoms with Gasteiger partial charge in [-0.25, -0.2) is 9.97 Å². The van der Waals surface area contributed by atoms with Gasteiger partial charge in [-0.05, 0) is 19.1 Å². The van der Waals surface area contributed by atoms with Gasteiger partial charge in [-0.15, -0.1) is 0 Å². The van der Waals surface area contributed by atoms with E-state index in [0.717, 1.165) is 28.0 Å². The van der Waals surface area contributed by atoms with Crippen LogP contribution in [0.2, 0.25) is 0 Å². The summed E-state index contributed by atoms with van der Waals surface area (Å²) >= 11 is 0. The van der Waals surface area contributed by atoms with Gasteiger partial charge in [-0.2, -0.15) is 10.1 Å². The fourth-order valence-electron chi connectivity index (χ4n) is 2.73. The number of hydrogen-bond acceptors (Lipinski definition) is 6. The van der Waals surface area contributed by atoms with Crippen LogP contribution in [-0.2, 0) is 7.05 Å². The van der Waals surface area contributed by atoms with Gasteiger partial charge in [0.25, 0.3) is 5.91 Å². The molecule has 27 heavy (non-hydrogen) atoms. The third-order valence-electron chi connectivity index (χ3n) is 4.00. The number of nitrogens with zero attached hydrogens (tertiary/aromatic N) is 5. The van der Waals surface area contributed by atoms with E-state index in [9.17, 15) is 4.79 Å². The SMILES string of the molecule is COc1nc(C)cc(-c2cc3cnc(NC(=O)c4cnn(C)c4)cc3[nH]2)n1. The number of rotatable bonds is 4. The summed E-state index contributed by atoms with van der Waals surface area (Å²) in [5, 5.41) is 7.67. The fourth-order valence-corrected chi connectivity index (χ4v) is 2.73. The van der Waals surface area contributed by atoms with Gasteiger partial charge < -0.3 is 15.0 Å². The van der Waals surface area contributed by atoms with E-state index in [4.69, 9.17) is 4.74 Å². The average molecular weight is 363 g/mol. The van der Waals surface area contributed by atoms with E-state index in [1.165, 1.54) is 13.3 Å². The molecule has 0 bridgehead atoms. The molecule has 2 N–H and O–H groups in total. The molecule has 4 heterocycles. The maximum absolute atomic E-state index is 12.3. The standard InChI is InChI=1S/C18H17N7O2/c1-10-4-14(23-18(21-10)27-3)15-5-11-7-19-16(6-13(11)22-15)24-17(26)12-8-20-25(2)9-12/h4-9,22H,1-3H3,(H,19,24,26). The Morgan fingerprint density at radius 3 is 2.81 bits per heavy atom. The van der Waals surface area contributed by atoms with Crippen molar-refractivity contribution in [1.29, 1.82) is 0 Å². The van der Waals surface area contributed by atoms with Crippen LogP contribution in [-0.4, -0.2) is 42.7 Å². The van der Waals surface area contributed by atoms with Crippen molar-refractivity contribution in [3.63, 3.8) is 0 Å². The molecule has 0 atom stereocenters. The number of amides is 1. The summed E-state index contributed by atoms with van der Waals surface area (Å²) < 4.78 is 6.71. The molecule has 0 spiro atoms. The number of anilines is 1. The first-order chi connectivity index (χ1) is 13.0. The molecular formula is C18H17N7O2. The lowest BCUT2D eigenvalue weighted by atomic mass is 10.2. The van der Waals surface area contributed by atoms with Gasteiger partial charge in [0.2, 0.25) is 0 Å². The summed E-state index contributed by atoms with van der Waals surface area (Å²) in [5.74, 6) is 0.180. The molecule has 0 aliphatic rings. The highest BCUT2D eigenvalue weighted by Gasteiger charge is 2.12. The zero-order valence-corrected chi connectivity index (χ0v) is 15.0. The Labute approximate surface area is 154 Å². The topological polar surface area (TPSA) is 111 Å². The van der Waals surface area contributed by atoms with Crippen LogP contribution in [0, 0.1) is 6.92 Å². The smallest absolute Gasteiger partial charge is 0.316 e. The highest BCUT2D eigenvalue weighted by molar-refractivity contribution is 6.04. The van der Waals surface area contributed by atoms with Gasteiger partial charge in [0.1, 0.15) is 5.82 Å². The number of nitrogens with one attached hydrogen (secondary N) is 2. The third kappa shape index (κ3) is 3.34. The van der Waals surface area contributed by atoms with Crippen LogP contribution in [0.1, 0.15) is 16.1 Å². The van der Waals surface area contributed by atoms with Gasteiger partial charge >= 0.3 is 6.01 Å². The van der Waals surface area contributed by atoms with Crippen molar-refractivity contribution in [3.8, 4) is 17.4 Å². The predicted octanol–water partition coefficient (Wildman–Crippen LogP) is 2.32. The van der Waals surface area contributed by atoms with E-state index in [-0.39, 0.29) is 5.91 Å². The van der Waals surface area contributed by atoms with Crippen molar-refractivity contribution in [2.75, 3.05) is 12.4 Å². The number of pyridine rings is 1. The molecule has 0 radical (unpaired) electrons. The molecule has 0 fully saturated rings. The van der Waals surface area contributed by atoms with E-state index >= 15 is 0 Å². The number of hydrogen-bond donors (Lipinski definition) is 2. The molecule has 1 amide bonds. The number of carbonyl (C=O) groups is 1. The van der Waals surface area contributed by atoms with E-state index in [0.29, 0.717) is 17.4 Å². The van der Waals surface area contributed by atoms with Crippen molar-refractivity contribution in [2.24, 2.45) is 7.05 Å². The summed E-state index contributed by atoms with van der Waals surface area (Å²) in [7, 11) is 3.29. The summed E-state index contributed by atoms with van der Waals surface area (Å²) in [4.78, 5) is 28.4. The highest BCUT2D eigenvalue weighted by Crippen LogP contribution is 2.25. The highest BCUT2D eigenvalue weighted by atomic mass is 16.5. The first kappa shape index (κ1) is 16.7. The van der Waals surface area contributed by atoms with E-state index < -0.39 is 0 Å². The maximum atomic E-state index is 12.3. The molecule has 0 aliphatic carbocycles. The van der Waals surface area contributed by atoms with Crippen LogP contribution in [0.3, 0.4) is 0 Å². The van der Waals surface area contributed by atoms with Crippen LogP contribution in [0.5, 0.6) is 6.01 Å². The van der Waals surface area contributed by atoms with Gasteiger partial charge in [-0.3, -0.25) is 9.48 Å². The van der Waals surface area contributed by atoms with E-state index in [2.05, 4.69) is 30.4 Å². The van der Waals surface area contributed by atoms with Gasteiger partial charge in [0.05, 0.1) is 35.8 Å². The average Bonchev–Trinajstić information content (AvgIpc) is 3.27. The van der Waals surface area contributed by atoms with E-state index in [1.807, 2.05) is 19.1 Å². The van der Waals surface area contributed by atoms with Crippen molar-refractivity contribution in [2.45, 2.75) is 6.92 Å². The monoisotopic (exact) mass is 363 g/mol. The molecule has 0 saturated heterocycles. The van der Waals surface area contributed by atoms with Gasteiger partial charge in [0, 0.05) is 36.6 Å². The minimum absolute atomic E-state index is 0.266. The zero-order valence-electron chi connectivity index (χ0n) is 15.0. The first-order valence-corrected chi connectivity index (χ1v) is 8.20. The molecule has 0 aliphatic heterocycles. The Morgan fingerprint density at radius 2 is 2.07 bits per heavy atom. The number of methoxy groups -OCH3 is 1. The molecule has 136 valence electrons. The zero-order chi connectivity index (χ0) is 19.0. The molecular weight excluding hydrogens is 346 g/mol. The van der Waals surface area contributed by atoms with Crippen LogP contribution >= 0.6 is 0 Å². The summed E-state index contributed by atoms with van der Waals surface area (Å²) in [6, 6.07) is 5.90. The number of ether oxygens (including phenoxy) is 1. The second kappa shape index (κ2) is 6.52. The molecule has 4 aromatic rings. The van der Waals surface area contributed by atoms with Crippen molar-refractivity contribution < 1.29 is 9.53 Å². The molecule has 0 unspecified atom stereocenters. The largest absolute Gasteiger partial charge is 0.467 e. The number of carbonyl (C=O) groups excluding carboxylic acids is 1. The van der Waals surface area contributed by atoms with Crippen LogP contribution in [0.15, 0.2) is 36.8 Å². The maximum Gasteiger partial charge on any atom is 0.316 e. The summed E-state index contributed by atoms with van der Waals surface area (Å²) in [6.45, 7) is 1.88. The van der Waals surface area contributed by atoms with Gasteiger partial charge in [-0.1, -0.05) is 0 Å². The quantitative estimate of drug-likeness (QED) is 0.576. The first-order valence-electron chi connectivity index (χ1n) is 8.20. The second-order valence-electron chi connectivity index (χ2n) is 6.08. The number of aromatic nitrogens is 6. The third-order valence-corrected chi connectivity index (χ3v) is 4.00. The van der Waals surface area contributed by atoms with Gasteiger partial charge in [0.15, 0.2) is 0 Å². The minimum atomic E-state index is -0.266. The van der Waals surface area contributed by atoms with Crippen LogP contribution in [0.4, 0.5) is 5.82 Å². The molecule has 0 aromatic carbocycles. The molecule has 0 saturated carbocycles. The lowest BCUT2D eigenvalue weighted by Crippen LogP contribution is -2.12. The molecule has 9 heteroatoms. The van der Waals surface area contributed by atoms with Crippen LogP contribution in [0.25, 0.3) is 22.3 Å². The Balaban J connectivity index is 1.64. The Morgan fingerprint density at radius 1 is 1.22 bits per heavy atom. The Kier molecular flexibility index (Phi) is 4.03. The summed E-state index contributed by atoms with van der Waals surface area (Å²) in [5.41, 5.74) is 3.63. The summed E-state index contributed by atoms with van der Waals surface area (Å²) in [6.07, 6.45) is 4.84. The van der Waals surface area contributed by atoms with E-state index in [1.54, 1.807) is 30.2 Å². The molecule has 4 rings (SSSR count). The lowest BCUT2D eigenvalue weighted by Gasteiger charge is -2.03. The van der Waals surface area contributed by atoms with Crippen LogP contribution < -0.4 is 10.1 Å². The Bertz CT molecular complexity index is 1150. The normalized spacial score (nSPS) is 10.9. The Hall–Kier alpha value is -3.75. The minimum Gasteiger partial charge on any atom is -0.467 e. The lowest BCUT2D eigenvalue weighted by molar-refractivity contribution is 0.102. The number of fused-ring (bicyclic) bond motifs is 1. The number of aromatic amines is 1. The number of H-pyrrole nitrogens is 1. The fraction of sp³-hybridized carbons (Fsp3) is 0.167. The van der Waals surface area contributed by atoms with Crippen molar-refractivity contribution in [1.82, 2.24) is 29.7 Å². The molecule has 9 nitrogen and oxygen atoms in total. The second-order valence-corrected chi connectivity index (χ2v) is 6.08. The number of aryl methyl sites for hydroxylation is 2.